The van der Waals surface area contributed by atoms with Crippen molar-refractivity contribution < 1.29 is 34.0 Å². The fourth-order valence-electron chi connectivity index (χ4n) is 1.36. The number of carbonyl (C=O) groups excluding carboxylic acids is 2. The van der Waals surface area contributed by atoms with Gasteiger partial charge in [-0.25, -0.2) is 28.5 Å². The summed E-state index contributed by atoms with van der Waals surface area (Å²) in [4.78, 5) is 33.0. The number of rotatable bonds is 1. The van der Waals surface area contributed by atoms with E-state index in [0.717, 1.165) is 6.07 Å². The molecule has 104 valence electrons. The van der Waals surface area contributed by atoms with E-state index in [1.54, 1.807) is 0 Å². The topological polar surface area (TPSA) is 141 Å². The smallest absolute Gasteiger partial charge is 0.769 e. The van der Waals surface area contributed by atoms with Crippen molar-refractivity contribution in [1.29, 1.82) is 0 Å². The predicted molar refractivity (Wildman–Crippen MR) is 63.1 cm³/mol. The Morgan fingerprint density at radius 2 is 1.50 bits per heavy atom. The second-order valence-electron chi connectivity index (χ2n) is 2.99. The van der Waals surface area contributed by atoms with E-state index in [0.29, 0.717) is 0 Å². The minimum absolute atomic E-state index is 0. The first kappa shape index (κ1) is 21.8. The van der Waals surface area contributed by atoms with Gasteiger partial charge in [0.1, 0.15) is 0 Å². The van der Waals surface area contributed by atoms with E-state index in [-0.39, 0.29) is 59.5 Å². The zero-order valence-electron chi connectivity index (χ0n) is 9.58. The molecule has 2 amide bonds. The van der Waals surface area contributed by atoms with Crippen LogP contribution >= 0.6 is 23.7 Å². The molecule has 11 heteroatoms. The minimum Gasteiger partial charge on any atom is -0.769 e. The third-order valence-corrected chi connectivity index (χ3v) is 2.11. The summed E-state index contributed by atoms with van der Waals surface area (Å²) >= 11 is 6.78. The molecule has 1 heterocycles. The number of carboxylic acid groups (broad SMARTS) is 1. The SMILES string of the molecule is O=C(O)c1ccc2c(c1)C(=O)N(O)C2=O.[Ca+2].[O-]Cl.[O-]Cl. The summed E-state index contributed by atoms with van der Waals surface area (Å²) in [5.41, 5.74) is -0.194. The fraction of sp³-hybridized carbons (Fsp3) is 0. The zero-order valence-corrected chi connectivity index (χ0v) is 13.3. The van der Waals surface area contributed by atoms with Gasteiger partial charge in [-0.3, -0.25) is 14.8 Å². The van der Waals surface area contributed by atoms with Crippen molar-refractivity contribution in [2.24, 2.45) is 0 Å². The number of carbonyl (C=O) groups is 3. The average molecular weight is 350 g/mol. The number of hydroxylamine groups is 2. The zero-order chi connectivity index (χ0) is 15.2. The monoisotopic (exact) mass is 349 g/mol. The first-order valence-corrected chi connectivity index (χ1v) is 4.90. The van der Waals surface area contributed by atoms with Crippen LogP contribution in [0.4, 0.5) is 0 Å². The van der Waals surface area contributed by atoms with Crippen LogP contribution in [0.25, 0.3) is 0 Å². The van der Waals surface area contributed by atoms with Gasteiger partial charge < -0.3 is 14.4 Å². The molecule has 8 nitrogen and oxygen atoms in total. The Kier molecular flexibility index (Phi) is 11.2. The molecule has 0 atom stereocenters. The van der Waals surface area contributed by atoms with Crippen LogP contribution in [0.5, 0.6) is 0 Å². The van der Waals surface area contributed by atoms with Gasteiger partial charge in [-0.05, 0) is 18.2 Å². The van der Waals surface area contributed by atoms with Crippen LogP contribution < -0.4 is 9.32 Å². The molecule has 0 unspecified atom stereocenters. The van der Waals surface area contributed by atoms with E-state index < -0.39 is 17.8 Å². The Hall–Kier alpha value is -0.450. The van der Waals surface area contributed by atoms with Crippen molar-refractivity contribution in [3.8, 4) is 0 Å². The van der Waals surface area contributed by atoms with Crippen LogP contribution in [0.15, 0.2) is 18.2 Å². The molecule has 0 saturated carbocycles. The van der Waals surface area contributed by atoms with Gasteiger partial charge in [0.15, 0.2) is 0 Å². The largest absolute Gasteiger partial charge is 2.00 e. The first-order chi connectivity index (χ1) is 9.02. The molecule has 1 aliphatic heterocycles. The number of halogens is 2. The van der Waals surface area contributed by atoms with Gasteiger partial charge in [-0.2, -0.15) is 0 Å². The summed E-state index contributed by atoms with van der Waals surface area (Å²) < 4.78 is 15.4. The molecule has 0 bridgehead atoms. The second kappa shape index (κ2) is 10.3. The molecule has 1 aromatic rings. The Morgan fingerprint density at radius 1 is 1.05 bits per heavy atom. The second-order valence-corrected chi connectivity index (χ2v) is 2.99. The van der Waals surface area contributed by atoms with Crippen molar-refractivity contribution in [2.45, 2.75) is 0 Å². The molecule has 0 spiro atoms. The van der Waals surface area contributed by atoms with Crippen molar-refractivity contribution in [1.82, 2.24) is 5.06 Å². The Labute approximate surface area is 152 Å². The van der Waals surface area contributed by atoms with Crippen LogP contribution in [0.1, 0.15) is 31.1 Å². The third-order valence-electron chi connectivity index (χ3n) is 2.11. The average Bonchev–Trinajstić information content (AvgIpc) is 2.68. The minimum atomic E-state index is -1.20. The molecular formula is C9H5CaCl2NO7. The van der Waals surface area contributed by atoms with Crippen LogP contribution in [0.3, 0.4) is 0 Å². The molecule has 0 saturated heterocycles. The van der Waals surface area contributed by atoms with E-state index in [9.17, 15) is 14.4 Å². The summed E-state index contributed by atoms with van der Waals surface area (Å²) in [5.74, 6) is -2.94. The van der Waals surface area contributed by atoms with Crippen LogP contribution in [0, 0.1) is 0 Å². The van der Waals surface area contributed by atoms with E-state index >= 15 is 0 Å². The number of benzene rings is 1. The number of amides is 2. The van der Waals surface area contributed by atoms with Crippen molar-refractivity contribution >= 4 is 79.3 Å². The predicted octanol–water partition coefficient (Wildman–Crippen LogP) is -1.01. The maximum absolute atomic E-state index is 11.2. The van der Waals surface area contributed by atoms with Crippen LogP contribution in [-0.4, -0.2) is 70.9 Å². The van der Waals surface area contributed by atoms with Gasteiger partial charge in [-0.15, -0.1) is 5.06 Å². The van der Waals surface area contributed by atoms with E-state index in [4.69, 9.17) is 19.6 Å². The maximum Gasteiger partial charge on any atom is 2.00 e. The number of hydrogen-bond donors (Lipinski definition) is 2. The summed E-state index contributed by atoms with van der Waals surface area (Å²) in [6.07, 6.45) is 0. The van der Waals surface area contributed by atoms with Crippen molar-refractivity contribution in [2.75, 3.05) is 0 Å². The number of nitrogens with zero attached hydrogens (tertiary/aromatic N) is 1. The molecule has 0 aliphatic carbocycles. The van der Waals surface area contributed by atoms with Gasteiger partial charge in [-0.1, -0.05) is 0 Å². The Bertz CT molecular complexity index is 511. The van der Waals surface area contributed by atoms with Crippen molar-refractivity contribution in [3.05, 3.63) is 34.9 Å². The van der Waals surface area contributed by atoms with Gasteiger partial charge in [0.05, 0.1) is 16.7 Å². The number of hydrogen-bond acceptors (Lipinski definition) is 6. The van der Waals surface area contributed by atoms with Crippen LogP contribution in [0.2, 0.25) is 0 Å². The number of carboxylic acids is 1. The number of fused-ring (bicyclic) bond motifs is 1. The van der Waals surface area contributed by atoms with E-state index in [1.807, 2.05) is 0 Å². The number of aromatic carboxylic acids is 1. The summed E-state index contributed by atoms with van der Waals surface area (Å²) in [7, 11) is 0. The standard InChI is InChI=1S/C9H5NO5.Ca.2ClO/c11-7-5-2-1-4(9(13)14)3-6(5)8(12)10(7)15;;2*1-2/h1-3,15H,(H,13,14);;;/q;+2;2*-1. The molecule has 0 aromatic heterocycles. The molecule has 1 aromatic carbocycles. The van der Waals surface area contributed by atoms with Gasteiger partial charge in [0, 0.05) is 0 Å². The Morgan fingerprint density at radius 3 is 1.95 bits per heavy atom. The molecule has 2 N–H and O–H groups in total. The van der Waals surface area contributed by atoms with E-state index in [1.165, 1.54) is 12.1 Å². The molecule has 1 aliphatic rings. The first-order valence-electron chi connectivity index (χ1n) is 4.28. The Balaban J connectivity index is 0. The van der Waals surface area contributed by atoms with Gasteiger partial charge in [0.2, 0.25) is 0 Å². The maximum atomic E-state index is 11.2. The van der Waals surface area contributed by atoms with Crippen LogP contribution in [-0.2, 0) is 0 Å². The summed E-state index contributed by atoms with van der Waals surface area (Å²) in [6.45, 7) is 0. The molecular weight excluding hydrogens is 345 g/mol. The third kappa shape index (κ3) is 4.54. The fourth-order valence-corrected chi connectivity index (χ4v) is 1.36. The van der Waals surface area contributed by atoms with Gasteiger partial charge in [0.25, 0.3) is 11.8 Å². The summed E-state index contributed by atoms with van der Waals surface area (Å²) in [5, 5.41) is 17.6. The van der Waals surface area contributed by atoms with Gasteiger partial charge >= 0.3 is 43.7 Å². The molecule has 0 fully saturated rings. The molecule has 0 radical (unpaired) electrons. The molecule has 20 heavy (non-hydrogen) atoms. The quantitative estimate of drug-likeness (QED) is 0.375. The normalized spacial score (nSPS) is 11.3. The van der Waals surface area contributed by atoms with E-state index in [2.05, 4.69) is 23.7 Å². The van der Waals surface area contributed by atoms with Crippen molar-refractivity contribution in [3.63, 3.8) is 0 Å². The molecule has 2 rings (SSSR count). The number of imide groups is 1. The summed E-state index contributed by atoms with van der Waals surface area (Å²) in [6, 6.07) is 3.47.